The van der Waals surface area contributed by atoms with Gasteiger partial charge in [-0.1, -0.05) is 30.3 Å². The average Bonchev–Trinajstić information content (AvgIpc) is 3.09. The lowest BCUT2D eigenvalue weighted by Crippen LogP contribution is -2.38. The van der Waals surface area contributed by atoms with E-state index in [1.165, 1.54) is 12.1 Å². The predicted octanol–water partition coefficient (Wildman–Crippen LogP) is 3.27. The van der Waals surface area contributed by atoms with Gasteiger partial charge in [-0.3, -0.25) is 9.48 Å². The summed E-state index contributed by atoms with van der Waals surface area (Å²) >= 11 is 0. The molecule has 144 valence electrons. The third-order valence-corrected chi connectivity index (χ3v) is 4.71. The van der Waals surface area contributed by atoms with Crippen LogP contribution in [0.4, 0.5) is 4.39 Å². The number of aromatic nitrogens is 2. The molecule has 2 heterocycles. The average molecular weight is 381 g/mol. The van der Waals surface area contributed by atoms with E-state index >= 15 is 0 Å². The lowest BCUT2D eigenvalue weighted by Gasteiger charge is -2.28. The lowest BCUT2D eigenvalue weighted by atomic mass is 10.1. The molecule has 0 saturated carbocycles. The molecule has 0 spiro atoms. The van der Waals surface area contributed by atoms with Crippen molar-refractivity contribution in [1.29, 1.82) is 0 Å². The van der Waals surface area contributed by atoms with E-state index < -0.39 is 5.82 Å². The van der Waals surface area contributed by atoms with E-state index in [-0.39, 0.29) is 18.1 Å². The van der Waals surface area contributed by atoms with Gasteiger partial charge in [0.25, 0.3) is 5.91 Å². The molecule has 0 atom stereocenters. The topological polar surface area (TPSA) is 56.6 Å². The van der Waals surface area contributed by atoms with Crippen molar-refractivity contribution in [1.82, 2.24) is 14.7 Å². The van der Waals surface area contributed by atoms with Gasteiger partial charge >= 0.3 is 0 Å². The number of halogens is 1. The largest absolute Gasteiger partial charge is 0.493 e. The van der Waals surface area contributed by atoms with Crippen molar-refractivity contribution < 1.29 is 18.7 Å². The summed E-state index contributed by atoms with van der Waals surface area (Å²) < 4.78 is 27.2. The molecule has 1 aliphatic heterocycles. The quantitative estimate of drug-likeness (QED) is 0.681. The minimum absolute atomic E-state index is 0.0714. The first kappa shape index (κ1) is 18.0. The number of para-hydroxylation sites is 1. The summed E-state index contributed by atoms with van der Waals surface area (Å²) in [6, 6.07) is 15.5. The van der Waals surface area contributed by atoms with E-state index in [9.17, 15) is 9.18 Å². The number of nitrogens with zero attached hydrogens (tertiary/aromatic N) is 3. The molecule has 0 unspecified atom stereocenters. The Morgan fingerprint density at radius 3 is 2.61 bits per heavy atom. The predicted molar refractivity (Wildman–Crippen MR) is 101 cm³/mol. The fraction of sp³-hybridized carbons (Fsp3) is 0.238. The number of fused-ring (bicyclic) bond motifs is 1. The van der Waals surface area contributed by atoms with Crippen LogP contribution in [0.5, 0.6) is 11.5 Å². The second-order valence-corrected chi connectivity index (χ2v) is 6.46. The van der Waals surface area contributed by atoms with Crippen LogP contribution >= 0.6 is 0 Å². The number of hydrogen-bond donors (Lipinski definition) is 0. The second-order valence-electron chi connectivity index (χ2n) is 6.46. The number of carbonyl (C=O) groups excluding carboxylic acids is 1. The van der Waals surface area contributed by atoms with E-state index in [2.05, 4.69) is 5.10 Å². The Hall–Kier alpha value is -3.35. The van der Waals surface area contributed by atoms with Gasteiger partial charge in [0.1, 0.15) is 29.6 Å². The molecule has 7 heteroatoms. The molecule has 0 aliphatic carbocycles. The van der Waals surface area contributed by atoms with Crippen molar-refractivity contribution in [3.63, 3.8) is 0 Å². The molecule has 0 saturated heterocycles. The molecule has 4 rings (SSSR count). The molecule has 28 heavy (non-hydrogen) atoms. The molecule has 0 radical (unpaired) electrons. The third kappa shape index (κ3) is 3.43. The van der Waals surface area contributed by atoms with Gasteiger partial charge in [0, 0.05) is 6.54 Å². The van der Waals surface area contributed by atoms with E-state index in [4.69, 9.17) is 9.47 Å². The SMILES string of the molecule is COc1c(COc2ccccc2)nn2c1CN(C(=O)c1ccccc1F)CC2. The summed E-state index contributed by atoms with van der Waals surface area (Å²) in [5.41, 5.74) is 1.52. The van der Waals surface area contributed by atoms with Gasteiger partial charge in [0.2, 0.25) is 0 Å². The maximum absolute atomic E-state index is 14.0. The zero-order valence-corrected chi connectivity index (χ0v) is 15.5. The Bertz CT molecular complexity index is 988. The van der Waals surface area contributed by atoms with Crippen LogP contribution in [0.2, 0.25) is 0 Å². The first-order valence-corrected chi connectivity index (χ1v) is 9.01. The molecule has 0 fully saturated rings. The molecule has 3 aromatic rings. The number of hydrogen-bond acceptors (Lipinski definition) is 4. The van der Waals surface area contributed by atoms with Crippen LogP contribution in [0.3, 0.4) is 0 Å². The fourth-order valence-corrected chi connectivity index (χ4v) is 3.33. The van der Waals surface area contributed by atoms with Gasteiger partial charge in [0.15, 0.2) is 5.75 Å². The number of ether oxygens (including phenoxy) is 2. The van der Waals surface area contributed by atoms with Gasteiger partial charge in [-0.25, -0.2) is 4.39 Å². The minimum atomic E-state index is -0.518. The highest BCUT2D eigenvalue weighted by Crippen LogP contribution is 2.29. The standard InChI is InChI=1S/C21H20FN3O3/c1-27-20-18(14-28-15-7-3-2-4-8-15)23-25-12-11-24(13-19(20)25)21(26)16-9-5-6-10-17(16)22/h2-10H,11-14H2,1H3. The minimum Gasteiger partial charge on any atom is -0.493 e. The van der Waals surface area contributed by atoms with Crippen LogP contribution in [0.25, 0.3) is 0 Å². The van der Waals surface area contributed by atoms with E-state index in [1.807, 2.05) is 35.0 Å². The van der Waals surface area contributed by atoms with Crippen molar-refractivity contribution >= 4 is 5.91 Å². The maximum atomic E-state index is 14.0. The van der Waals surface area contributed by atoms with Crippen molar-refractivity contribution in [2.75, 3.05) is 13.7 Å². The fourth-order valence-electron chi connectivity index (χ4n) is 3.33. The molecule has 2 aromatic carbocycles. The summed E-state index contributed by atoms with van der Waals surface area (Å²) in [5, 5.41) is 4.58. The van der Waals surface area contributed by atoms with Crippen molar-refractivity contribution in [2.24, 2.45) is 0 Å². The van der Waals surface area contributed by atoms with Gasteiger partial charge in [-0.05, 0) is 24.3 Å². The number of rotatable bonds is 5. The Balaban J connectivity index is 1.54. The number of carbonyl (C=O) groups is 1. The molecule has 1 amide bonds. The zero-order chi connectivity index (χ0) is 19.5. The Morgan fingerprint density at radius 2 is 1.86 bits per heavy atom. The zero-order valence-electron chi connectivity index (χ0n) is 15.5. The number of amides is 1. The molecule has 6 nitrogen and oxygen atoms in total. The number of benzene rings is 2. The van der Waals surface area contributed by atoms with Crippen molar-refractivity contribution in [3.05, 3.63) is 77.4 Å². The molecular formula is C21H20FN3O3. The Kier molecular flexibility index (Phi) is 4.97. The highest BCUT2D eigenvalue weighted by molar-refractivity contribution is 5.94. The van der Waals surface area contributed by atoms with Gasteiger partial charge < -0.3 is 14.4 Å². The van der Waals surface area contributed by atoms with Crippen molar-refractivity contribution in [3.8, 4) is 11.5 Å². The Morgan fingerprint density at radius 1 is 1.11 bits per heavy atom. The van der Waals surface area contributed by atoms with Crippen LogP contribution in [-0.2, 0) is 19.7 Å². The van der Waals surface area contributed by atoms with Gasteiger partial charge in [-0.15, -0.1) is 0 Å². The summed E-state index contributed by atoms with van der Waals surface area (Å²) in [6.07, 6.45) is 0. The van der Waals surface area contributed by atoms with Gasteiger partial charge in [-0.2, -0.15) is 5.10 Å². The van der Waals surface area contributed by atoms with Crippen LogP contribution in [0.1, 0.15) is 21.7 Å². The smallest absolute Gasteiger partial charge is 0.257 e. The van der Waals surface area contributed by atoms with Gasteiger partial charge in [0.05, 0.1) is 25.8 Å². The van der Waals surface area contributed by atoms with E-state index in [0.29, 0.717) is 31.1 Å². The normalized spacial score (nSPS) is 13.1. The molecular weight excluding hydrogens is 361 g/mol. The lowest BCUT2D eigenvalue weighted by molar-refractivity contribution is 0.0699. The van der Waals surface area contributed by atoms with Crippen LogP contribution in [0, 0.1) is 5.82 Å². The van der Waals surface area contributed by atoms with E-state index in [0.717, 1.165) is 11.4 Å². The van der Waals surface area contributed by atoms with Crippen LogP contribution in [-0.4, -0.2) is 34.2 Å². The highest BCUT2D eigenvalue weighted by Gasteiger charge is 2.29. The Labute approximate surface area is 162 Å². The summed E-state index contributed by atoms with van der Waals surface area (Å²) in [7, 11) is 1.57. The third-order valence-electron chi connectivity index (χ3n) is 4.71. The molecule has 1 aliphatic rings. The molecule has 1 aromatic heterocycles. The highest BCUT2D eigenvalue weighted by atomic mass is 19.1. The summed E-state index contributed by atoms with van der Waals surface area (Å²) in [6.45, 7) is 1.52. The monoisotopic (exact) mass is 381 g/mol. The molecule has 0 bridgehead atoms. The maximum Gasteiger partial charge on any atom is 0.257 e. The van der Waals surface area contributed by atoms with Crippen LogP contribution in [0.15, 0.2) is 54.6 Å². The van der Waals surface area contributed by atoms with Crippen molar-refractivity contribution in [2.45, 2.75) is 19.7 Å². The summed E-state index contributed by atoms with van der Waals surface area (Å²) in [5.74, 6) is 0.485. The summed E-state index contributed by atoms with van der Waals surface area (Å²) in [4.78, 5) is 14.3. The van der Waals surface area contributed by atoms with Crippen LogP contribution < -0.4 is 9.47 Å². The number of methoxy groups -OCH3 is 1. The molecule has 0 N–H and O–H groups in total. The first-order valence-electron chi connectivity index (χ1n) is 9.01. The first-order chi connectivity index (χ1) is 13.7. The second kappa shape index (κ2) is 7.72. The van der Waals surface area contributed by atoms with E-state index in [1.54, 1.807) is 24.1 Å².